The largest absolute Gasteiger partial charge is 0.478 e. The predicted octanol–water partition coefficient (Wildman–Crippen LogP) is 2.39. The van der Waals surface area contributed by atoms with Crippen molar-refractivity contribution >= 4 is 27.4 Å². The van der Waals surface area contributed by atoms with Gasteiger partial charge >= 0.3 is 5.97 Å². The molecule has 0 aromatic heterocycles. The molecule has 0 amide bonds. The van der Waals surface area contributed by atoms with Gasteiger partial charge in [0.2, 0.25) is 0 Å². The van der Waals surface area contributed by atoms with E-state index in [1.165, 1.54) is 18.2 Å². The number of aromatic carboxylic acids is 1. The summed E-state index contributed by atoms with van der Waals surface area (Å²) in [4.78, 5) is 10.7. The van der Waals surface area contributed by atoms with Crippen LogP contribution in [-0.2, 0) is 9.84 Å². The summed E-state index contributed by atoms with van der Waals surface area (Å²) in [5.74, 6) is -1.26. The highest BCUT2D eigenvalue weighted by molar-refractivity contribution is 7.91. The van der Waals surface area contributed by atoms with E-state index in [9.17, 15) is 13.2 Å². The Balaban J connectivity index is 3.13. The molecule has 0 fully saturated rings. The summed E-state index contributed by atoms with van der Waals surface area (Å²) in [5.41, 5.74) is -0.116. The second-order valence-electron chi connectivity index (χ2n) is 3.34. The molecule has 0 bridgehead atoms. The first kappa shape index (κ1) is 13.7. The summed E-state index contributed by atoms with van der Waals surface area (Å²) in [7, 11) is -3.44. The maximum Gasteiger partial charge on any atom is 0.337 e. The van der Waals surface area contributed by atoms with Crippen LogP contribution >= 0.6 is 11.6 Å². The Kier molecular flexibility index (Phi) is 4.31. The molecule has 0 saturated heterocycles. The number of carbonyl (C=O) groups is 1. The lowest BCUT2D eigenvalue weighted by Crippen LogP contribution is -2.07. The summed E-state index contributed by atoms with van der Waals surface area (Å²) in [6.07, 6.45) is 1.84. The number of benzene rings is 1. The summed E-state index contributed by atoms with van der Waals surface area (Å²) in [6.45, 7) is 3.44. The van der Waals surface area contributed by atoms with Gasteiger partial charge < -0.3 is 5.11 Å². The van der Waals surface area contributed by atoms with Crippen LogP contribution in [0.4, 0.5) is 0 Å². The molecule has 1 rings (SSSR count). The van der Waals surface area contributed by atoms with Gasteiger partial charge in [0.15, 0.2) is 9.84 Å². The predicted molar refractivity (Wildman–Crippen MR) is 65.3 cm³/mol. The van der Waals surface area contributed by atoms with Crippen molar-refractivity contribution in [3.63, 3.8) is 0 Å². The minimum atomic E-state index is -3.44. The number of halogens is 1. The average Bonchev–Trinajstić information content (AvgIpc) is 2.25. The lowest BCUT2D eigenvalue weighted by Gasteiger charge is -2.05. The molecular formula is C11H11ClO4S. The van der Waals surface area contributed by atoms with Crippen LogP contribution in [0.2, 0.25) is 5.02 Å². The average molecular weight is 275 g/mol. The zero-order valence-corrected chi connectivity index (χ0v) is 10.5. The van der Waals surface area contributed by atoms with Crippen molar-refractivity contribution in [2.45, 2.75) is 11.3 Å². The molecule has 0 aliphatic heterocycles. The quantitative estimate of drug-likeness (QED) is 0.837. The van der Waals surface area contributed by atoms with Gasteiger partial charge in [-0.2, -0.15) is 0 Å². The fourth-order valence-electron chi connectivity index (χ4n) is 1.22. The van der Waals surface area contributed by atoms with E-state index in [0.29, 0.717) is 6.42 Å². The van der Waals surface area contributed by atoms with Crippen molar-refractivity contribution in [1.29, 1.82) is 0 Å². The second-order valence-corrected chi connectivity index (χ2v) is 5.86. The molecule has 0 unspecified atom stereocenters. The molecule has 0 aliphatic carbocycles. The highest BCUT2D eigenvalue weighted by Crippen LogP contribution is 2.22. The van der Waals surface area contributed by atoms with E-state index < -0.39 is 15.8 Å². The number of carboxylic acids is 1. The summed E-state index contributed by atoms with van der Waals surface area (Å²) >= 11 is 5.70. The number of rotatable bonds is 5. The monoisotopic (exact) mass is 274 g/mol. The first-order chi connectivity index (χ1) is 7.88. The fourth-order valence-corrected chi connectivity index (χ4v) is 2.83. The number of allylic oxidation sites excluding steroid dienone is 1. The molecule has 6 heteroatoms. The van der Waals surface area contributed by atoms with Crippen molar-refractivity contribution in [3.05, 3.63) is 41.4 Å². The van der Waals surface area contributed by atoms with Crippen molar-refractivity contribution < 1.29 is 18.3 Å². The van der Waals surface area contributed by atoms with E-state index in [2.05, 4.69) is 6.58 Å². The molecule has 4 nitrogen and oxygen atoms in total. The minimum Gasteiger partial charge on any atom is -0.478 e. The Morgan fingerprint density at radius 1 is 1.47 bits per heavy atom. The third-order valence-corrected chi connectivity index (χ3v) is 4.18. The SMILES string of the molecule is C=CCCS(=O)(=O)c1ccc(C(=O)O)c(Cl)c1. The van der Waals surface area contributed by atoms with Crippen LogP contribution in [0, 0.1) is 0 Å². The van der Waals surface area contributed by atoms with Crippen molar-refractivity contribution in [3.8, 4) is 0 Å². The zero-order chi connectivity index (χ0) is 13.1. The minimum absolute atomic E-state index is 0.0225. The van der Waals surface area contributed by atoms with Crippen molar-refractivity contribution in [2.75, 3.05) is 5.75 Å². The summed E-state index contributed by atoms with van der Waals surface area (Å²) < 4.78 is 23.5. The number of hydrogen-bond acceptors (Lipinski definition) is 3. The number of sulfone groups is 1. The van der Waals surface area contributed by atoms with E-state index in [1.54, 1.807) is 0 Å². The van der Waals surface area contributed by atoms with Gasteiger partial charge in [-0.25, -0.2) is 13.2 Å². The van der Waals surface area contributed by atoms with Crippen LogP contribution < -0.4 is 0 Å². The molecule has 1 N–H and O–H groups in total. The molecule has 0 spiro atoms. The molecule has 92 valence electrons. The molecule has 17 heavy (non-hydrogen) atoms. The molecule has 1 aromatic rings. The van der Waals surface area contributed by atoms with Gasteiger partial charge in [-0.3, -0.25) is 0 Å². The summed E-state index contributed by atoms with van der Waals surface area (Å²) in [6, 6.07) is 3.59. The highest BCUT2D eigenvalue weighted by atomic mass is 35.5. The van der Waals surface area contributed by atoms with Crippen LogP contribution in [-0.4, -0.2) is 25.2 Å². The Morgan fingerprint density at radius 2 is 2.12 bits per heavy atom. The highest BCUT2D eigenvalue weighted by Gasteiger charge is 2.17. The smallest absolute Gasteiger partial charge is 0.337 e. The molecule has 0 radical (unpaired) electrons. The van der Waals surface area contributed by atoms with Gasteiger partial charge in [-0.1, -0.05) is 17.7 Å². The van der Waals surface area contributed by atoms with E-state index in [1.807, 2.05) is 0 Å². The normalized spacial score (nSPS) is 11.1. The summed E-state index contributed by atoms with van der Waals surface area (Å²) in [5, 5.41) is 8.67. The van der Waals surface area contributed by atoms with Gasteiger partial charge in [-0.15, -0.1) is 6.58 Å². The van der Waals surface area contributed by atoms with Crippen molar-refractivity contribution in [2.24, 2.45) is 0 Å². The Morgan fingerprint density at radius 3 is 2.59 bits per heavy atom. The molecule has 0 saturated carbocycles. The third-order valence-electron chi connectivity index (χ3n) is 2.12. The Labute approximate surface area is 104 Å². The maximum atomic E-state index is 11.8. The second kappa shape index (κ2) is 5.33. The van der Waals surface area contributed by atoms with Crippen LogP contribution in [0.15, 0.2) is 35.7 Å². The first-order valence-electron chi connectivity index (χ1n) is 4.75. The fraction of sp³-hybridized carbons (Fsp3) is 0.182. The topological polar surface area (TPSA) is 71.4 Å². The van der Waals surface area contributed by atoms with Gasteiger partial charge in [0.25, 0.3) is 0 Å². The van der Waals surface area contributed by atoms with E-state index in [0.717, 1.165) is 6.07 Å². The van der Waals surface area contributed by atoms with E-state index in [-0.39, 0.29) is 21.2 Å². The van der Waals surface area contributed by atoms with Crippen LogP contribution in [0.25, 0.3) is 0 Å². The molecule has 0 atom stereocenters. The third kappa shape index (κ3) is 3.31. The van der Waals surface area contributed by atoms with E-state index in [4.69, 9.17) is 16.7 Å². The number of carboxylic acid groups (broad SMARTS) is 1. The first-order valence-corrected chi connectivity index (χ1v) is 6.78. The van der Waals surface area contributed by atoms with Gasteiger partial charge in [-0.05, 0) is 24.6 Å². The number of hydrogen-bond donors (Lipinski definition) is 1. The lowest BCUT2D eigenvalue weighted by molar-refractivity contribution is 0.0697. The van der Waals surface area contributed by atoms with E-state index >= 15 is 0 Å². The molecule has 1 aromatic carbocycles. The van der Waals surface area contributed by atoms with Gasteiger partial charge in [0.05, 0.1) is 21.2 Å². The van der Waals surface area contributed by atoms with Crippen LogP contribution in [0.1, 0.15) is 16.8 Å². The van der Waals surface area contributed by atoms with Gasteiger partial charge in [0.1, 0.15) is 0 Å². The van der Waals surface area contributed by atoms with Crippen LogP contribution in [0.3, 0.4) is 0 Å². The molecule has 0 aliphatic rings. The lowest BCUT2D eigenvalue weighted by atomic mass is 10.2. The standard InChI is InChI=1S/C11H11ClO4S/c1-2-3-6-17(15,16)8-4-5-9(11(13)14)10(12)7-8/h2,4-5,7H,1,3,6H2,(H,13,14). The Hall–Kier alpha value is -1.33. The van der Waals surface area contributed by atoms with Gasteiger partial charge in [0, 0.05) is 0 Å². The van der Waals surface area contributed by atoms with Crippen LogP contribution in [0.5, 0.6) is 0 Å². The zero-order valence-electron chi connectivity index (χ0n) is 8.89. The molecule has 0 heterocycles. The maximum absolute atomic E-state index is 11.8. The Bertz CT molecular complexity index is 549. The molecular weight excluding hydrogens is 264 g/mol. The van der Waals surface area contributed by atoms with Crippen molar-refractivity contribution in [1.82, 2.24) is 0 Å².